The number of hydrogen-bond donors (Lipinski definition) is 0. The Balaban J connectivity index is 2.14. The molecule has 6 heteroatoms. The molecule has 3 rings (SSSR count). The van der Waals surface area contributed by atoms with Crippen LogP contribution in [0, 0.1) is 6.92 Å². The normalized spacial score (nSPS) is 11.2. The second-order valence-electron chi connectivity index (χ2n) is 4.45. The lowest BCUT2D eigenvalue weighted by Gasteiger charge is -2.08. The van der Waals surface area contributed by atoms with Crippen molar-refractivity contribution in [2.45, 2.75) is 19.3 Å². The number of aryl methyl sites for hydroxylation is 1. The Hall–Kier alpha value is -1.65. The first-order valence-corrected chi connectivity index (χ1v) is 7.08. The van der Waals surface area contributed by atoms with Crippen LogP contribution in [0.2, 0.25) is 5.02 Å². The highest BCUT2D eigenvalue weighted by Crippen LogP contribution is 2.26. The zero-order valence-corrected chi connectivity index (χ0v) is 12.4. The summed E-state index contributed by atoms with van der Waals surface area (Å²) in [5, 5.41) is 0.664. The van der Waals surface area contributed by atoms with Gasteiger partial charge in [0.25, 0.3) is 0 Å². The molecule has 2 aromatic heterocycles. The third-order valence-corrected chi connectivity index (χ3v) is 3.61. The molecule has 0 saturated carbocycles. The fourth-order valence-corrected chi connectivity index (χ4v) is 2.69. The molecule has 20 heavy (non-hydrogen) atoms. The van der Waals surface area contributed by atoms with Crippen molar-refractivity contribution in [3.63, 3.8) is 0 Å². The van der Waals surface area contributed by atoms with Crippen LogP contribution in [0.3, 0.4) is 0 Å². The summed E-state index contributed by atoms with van der Waals surface area (Å²) in [6, 6.07) is 7.55. The smallest absolute Gasteiger partial charge is 0.125 e. The number of aromatic nitrogens is 4. The monoisotopic (exact) mass is 306 g/mol. The van der Waals surface area contributed by atoms with Crippen LogP contribution >= 0.6 is 23.2 Å². The van der Waals surface area contributed by atoms with Gasteiger partial charge in [-0.25, -0.2) is 15.0 Å². The minimum absolute atomic E-state index is 0.328. The molecule has 0 unspecified atom stereocenters. The number of rotatable bonds is 3. The van der Waals surface area contributed by atoms with Gasteiger partial charge >= 0.3 is 0 Å². The first-order valence-electron chi connectivity index (χ1n) is 6.17. The predicted octanol–water partition coefficient (Wildman–Crippen LogP) is 3.58. The lowest BCUT2D eigenvalue weighted by Crippen LogP contribution is -2.06. The van der Waals surface area contributed by atoms with Crippen molar-refractivity contribution in [2.75, 3.05) is 0 Å². The minimum Gasteiger partial charge on any atom is -0.320 e. The first-order chi connectivity index (χ1) is 9.69. The van der Waals surface area contributed by atoms with E-state index in [4.69, 9.17) is 23.2 Å². The Bertz CT molecular complexity index is 767. The van der Waals surface area contributed by atoms with Crippen LogP contribution in [0.1, 0.15) is 17.3 Å². The van der Waals surface area contributed by atoms with Crippen molar-refractivity contribution < 1.29 is 0 Å². The Morgan fingerprint density at radius 2 is 2.05 bits per heavy atom. The average molecular weight is 307 g/mol. The maximum absolute atomic E-state index is 6.29. The maximum atomic E-state index is 6.29. The van der Waals surface area contributed by atoms with Gasteiger partial charge in [-0.05, 0) is 25.1 Å². The zero-order chi connectivity index (χ0) is 14.1. The fourth-order valence-electron chi connectivity index (χ4n) is 2.22. The summed E-state index contributed by atoms with van der Waals surface area (Å²) in [4.78, 5) is 13.0. The molecule has 0 bridgehead atoms. The van der Waals surface area contributed by atoms with Crippen molar-refractivity contribution in [3.05, 3.63) is 52.8 Å². The summed E-state index contributed by atoms with van der Waals surface area (Å²) in [7, 11) is 0. The van der Waals surface area contributed by atoms with Gasteiger partial charge in [0.15, 0.2) is 0 Å². The van der Waals surface area contributed by atoms with E-state index in [-0.39, 0.29) is 0 Å². The number of halogens is 2. The van der Waals surface area contributed by atoms with Crippen LogP contribution < -0.4 is 0 Å². The predicted molar refractivity (Wildman–Crippen MR) is 80.2 cm³/mol. The van der Waals surface area contributed by atoms with Gasteiger partial charge in [0.1, 0.15) is 11.6 Å². The van der Waals surface area contributed by atoms with Crippen LogP contribution in [0.15, 0.2) is 30.5 Å². The number of fused-ring (bicyclic) bond motifs is 1. The highest BCUT2D eigenvalue weighted by molar-refractivity contribution is 6.35. The van der Waals surface area contributed by atoms with Crippen molar-refractivity contribution in [3.8, 4) is 0 Å². The van der Waals surface area contributed by atoms with Crippen molar-refractivity contribution in [1.82, 2.24) is 19.5 Å². The van der Waals surface area contributed by atoms with E-state index in [2.05, 4.69) is 15.0 Å². The molecule has 0 spiro atoms. The molecule has 3 aromatic rings. The van der Waals surface area contributed by atoms with Crippen LogP contribution in [0.25, 0.3) is 11.0 Å². The maximum Gasteiger partial charge on any atom is 0.125 e. The average Bonchev–Trinajstić information content (AvgIpc) is 2.78. The van der Waals surface area contributed by atoms with E-state index in [1.807, 2.05) is 35.8 Å². The lowest BCUT2D eigenvalue weighted by molar-refractivity contribution is 0.749. The van der Waals surface area contributed by atoms with Gasteiger partial charge in [-0.2, -0.15) is 0 Å². The highest BCUT2D eigenvalue weighted by Gasteiger charge is 2.13. The number of nitrogens with zero attached hydrogens (tertiary/aromatic N) is 4. The summed E-state index contributed by atoms with van der Waals surface area (Å²) in [5.41, 5.74) is 2.64. The van der Waals surface area contributed by atoms with Gasteiger partial charge in [0.05, 0.1) is 34.2 Å². The Morgan fingerprint density at radius 1 is 1.20 bits per heavy atom. The summed E-state index contributed by atoms with van der Waals surface area (Å²) in [5.74, 6) is 1.85. The molecule has 0 radical (unpaired) electrons. The lowest BCUT2D eigenvalue weighted by atomic mass is 10.3. The number of alkyl halides is 1. The number of para-hydroxylation sites is 1. The van der Waals surface area contributed by atoms with E-state index in [9.17, 15) is 0 Å². The topological polar surface area (TPSA) is 43.6 Å². The molecule has 0 aliphatic heterocycles. The summed E-state index contributed by atoms with van der Waals surface area (Å²) in [6.45, 7) is 2.44. The number of benzene rings is 1. The van der Waals surface area contributed by atoms with Crippen LogP contribution in [-0.4, -0.2) is 19.5 Å². The molecule has 1 aromatic carbocycles. The third-order valence-electron chi connectivity index (χ3n) is 3.07. The van der Waals surface area contributed by atoms with Gasteiger partial charge in [-0.15, -0.1) is 11.6 Å². The van der Waals surface area contributed by atoms with Gasteiger partial charge < -0.3 is 4.57 Å². The second-order valence-corrected chi connectivity index (χ2v) is 5.13. The highest BCUT2D eigenvalue weighted by atomic mass is 35.5. The standard InChI is InChI=1S/C14H12Cl2N4/c1-9-17-6-5-10(18-9)8-20-13(7-15)19-12-4-2-3-11(16)14(12)20/h2-6H,7-8H2,1H3. The van der Waals surface area contributed by atoms with Gasteiger partial charge in [0, 0.05) is 6.20 Å². The fraction of sp³-hybridized carbons (Fsp3) is 0.214. The Labute approximate surface area is 126 Å². The van der Waals surface area contributed by atoms with Crippen LogP contribution in [-0.2, 0) is 12.4 Å². The molecular formula is C14H12Cl2N4. The molecule has 0 N–H and O–H groups in total. The molecule has 0 atom stereocenters. The zero-order valence-electron chi connectivity index (χ0n) is 10.8. The Morgan fingerprint density at radius 3 is 2.80 bits per heavy atom. The number of hydrogen-bond acceptors (Lipinski definition) is 3. The SMILES string of the molecule is Cc1nccc(Cn2c(CCl)nc3cccc(Cl)c32)n1. The summed E-state index contributed by atoms with van der Waals surface area (Å²) in [6.07, 6.45) is 1.75. The van der Waals surface area contributed by atoms with Gasteiger partial charge in [0.2, 0.25) is 0 Å². The second kappa shape index (κ2) is 5.38. The number of imidazole rings is 1. The van der Waals surface area contributed by atoms with E-state index in [0.29, 0.717) is 17.4 Å². The first kappa shape index (κ1) is 13.3. The van der Waals surface area contributed by atoms with Crippen LogP contribution in [0.5, 0.6) is 0 Å². The van der Waals surface area contributed by atoms with E-state index >= 15 is 0 Å². The summed E-state index contributed by atoms with van der Waals surface area (Å²) < 4.78 is 2.01. The molecule has 2 heterocycles. The summed E-state index contributed by atoms with van der Waals surface area (Å²) >= 11 is 12.3. The van der Waals surface area contributed by atoms with E-state index in [0.717, 1.165) is 28.4 Å². The van der Waals surface area contributed by atoms with Gasteiger partial charge in [-0.1, -0.05) is 17.7 Å². The molecule has 102 valence electrons. The Kier molecular flexibility index (Phi) is 3.59. The van der Waals surface area contributed by atoms with Gasteiger partial charge in [-0.3, -0.25) is 0 Å². The molecule has 0 aliphatic carbocycles. The van der Waals surface area contributed by atoms with Crippen LogP contribution in [0.4, 0.5) is 0 Å². The van der Waals surface area contributed by atoms with Crippen molar-refractivity contribution in [2.24, 2.45) is 0 Å². The largest absolute Gasteiger partial charge is 0.320 e. The molecule has 0 amide bonds. The van der Waals surface area contributed by atoms with Crippen molar-refractivity contribution in [1.29, 1.82) is 0 Å². The van der Waals surface area contributed by atoms with E-state index < -0.39 is 0 Å². The van der Waals surface area contributed by atoms with E-state index in [1.165, 1.54) is 0 Å². The molecular weight excluding hydrogens is 295 g/mol. The molecule has 0 saturated heterocycles. The molecule has 0 fully saturated rings. The minimum atomic E-state index is 0.328. The molecule has 0 aliphatic rings. The third kappa shape index (κ3) is 2.37. The van der Waals surface area contributed by atoms with E-state index in [1.54, 1.807) is 6.20 Å². The van der Waals surface area contributed by atoms with Crippen molar-refractivity contribution >= 4 is 34.2 Å². The quantitative estimate of drug-likeness (QED) is 0.695. The molecule has 4 nitrogen and oxygen atoms in total.